The van der Waals surface area contributed by atoms with Crippen LogP contribution in [0.3, 0.4) is 0 Å². The molecule has 8 nitrogen and oxygen atoms in total. The van der Waals surface area contributed by atoms with Crippen molar-refractivity contribution in [2.24, 2.45) is 7.05 Å². The summed E-state index contributed by atoms with van der Waals surface area (Å²) in [6.07, 6.45) is 2.36. The largest absolute Gasteiger partial charge is 0.335 e. The van der Waals surface area contributed by atoms with Crippen LogP contribution in [-0.4, -0.2) is 52.7 Å². The molecule has 0 aliphatic carbocycles. The van der Waals surface area contributed by atoms with E-state index in [-0.39, 0.29) is 17.2 Å². The molecule has 3 aromatic rings. The molecule has 0 N–H and O–H groups in total. The van der Waals surface area contributed by atoms with Gasteiger partial charge in [0.15, 0.2) is 0 Å². The predicted octanol–water partition coefficient (Wildman–Crippen LogP) is 3.62. The highest BCUT2D eigenvalue weighted by Crippen LogP contribution is 2.23. The van der Waals surface area contributed by atoms with Crippen LogP contribution in [0, 0.1) is 11.3 Å². The summed E-state index contributed by atoms with van der Waals surface area (Å²) >= 11 is 0. The number of rotatable bonds is 11. The molecule has 0 spiro atoms. The van der Waals surface area contributed by atoms with Crippen molar-refractivity contribution in [2.75, 3.05) is 19.6 Å². The second kappa shape index (κ2) is 11.3. The van der Waals surface area contributed by atoms with E-state index in [1.165, 1.54) is 4.31 Å². The van der Waals surface area contributed by atoms with Gasteiger partial charge in [-0.2, -0.15) is 9.57 Å². The van der Waals surface area contributed by atoms with Crippen LogP contribution in [0.1, 0.15) is 37.2 Å². The monoisotopic (exact) mass is 493 g/mol. The van der Waals surface area contributed by atoms with Crippen molar-refractivity contribution in [3.8, 4) is 6.07 Å². The lowest BCUT2D eigenvalue weighted by Crippen LogP contribution is -2.31. The Balaban J connectivity index is 1.76. The van der Waals surface area contributed by atoms with Gasteiger partial charge in [-0.1, -0.05) is 32.1 Å². The smallest absolute Gasteiger partial charge is 0.243 e. The quantitative estimate of drug-likeness (QED) is 0.380. The predicted molar refractivity (Wildman–Crippen MR) is 136 cm³/mol. The molecular formula is C26H31N5O3S. The molecule has 184 valence electrons. The summed E-state index contributed by atoms with van der Waals surface area (Å²) in [6.45, 7) is 9.01. The standard InChI is InChI=1S/C26H31N5O3S/c1-5-16-30(19-21-10-8-20(18-27)9-11-21)26(32)15-14-25-28-23-17-22(12-13-24(23)29(25)4)35(33,34)31(6-2)7-3/h5,8-13,17H,1,6-7,14-16,19H2,2-4H3. The molecule has 3 rings (SSSR count). The van der Waals surface area contributed by atoms with E-state index in [2.05, 4.69) is 17.6 Å². The number of carbonyl (C=O) groups excluding carboxylic acids is 1. The molecule has 0 atom stereocenters. The van der Waals surface area contributed by atoms with Gasteiger partial charge in [0.05, 0.1) is 27.6 Å². The summed E-state index contributed by atoms with van der Waals surface area (Å²) < 4.78 is 29.1. The Kier molecular flexibility index (Phi) is 8.43. The Labute approximate surface area is 207 Å². The second-order valence-corrected chi connectivity index (χ2v) is 10.1. The molecule has 0 radical (unpaired) electrons. The maximum Gasteiger partial charge on any atom is 0.243 e. The number of aryl methyl sites for hydroxylation is 2. The van der Waals surface area contributed by atoms with Gasteiger partial charge in [0, 0.05) is 46.1 Å². The average Bonchev–Trinajstić information content (AvgIpc) is 3.18. The number of carbonyl (C=O) groups is 1. The first-order valence-corrected chi connectivity index (χ1v) is 13.0. The molecule has 0 saturated heterocycles. The molecule has 1 aromatic heterocycles. The molecule has 2 aromatic carbocycles. The van der Waals surface area contributed by atoms with Gasteiger partial charge in [-0.15, -0.1) is 6.58 Å². The van der Waals surface area contributed by atoms with Crippen molar-refractivity contribution in [2.45, 2.75) is 38.1 Å². The summed E-state index contributed by atoms with van der Waals surface area (Å²) in [5.74, 6) is 0.675. The van der Waals surface area contributed by atoms with E-state index >= 15 is 0 Å². The molecule has 0 aliphatic rings. The van der Waals surface area contributed by atoms with Crippen molar-refractivity contribution < 1.29 is 13.2 Å². The third-order valence-electron chi connectivity index (χ3n) is 6.01. The first kappa shape index (κ1) is 26.1. The Morgan fingerprint density at radius 1 is 1.17 bits per heavy atom. The van der Waals surface area contributed by atoms with Crippen molar-refractivity contribution in [1.82, 2.24) is 18.8 Å². The summed E-state index contributed by atoms with van der Waals surface area (Å²) in [5, 5.41) is 8.97. The van der Waals surface area contributed by atoms with Gasteiger partial charge in [-0.25, -0.2) is 13.4 Å². The highest BCUT2D eigenvalue weighted by atomic mass is 32.2. The van der Waals surface area contributed by atoms with Gasteiger partial charge in [-0.05, 0) is 35.9 Å². The number of nitrogens with zero attached hydrogens (tertiary/aromatic N) is 5. The normalized spacial score (nSPS) is 11.5. The topological polar surface area (TPSA) is 99.3 Å². The Morgan fingerprint density at radius 2 is 1.86 bits per heavy atom. The van der Waals surface area contributed by atoms with Crippen molar-refractivity contribution >= 4 is 27.0 Å². The van der Waals surface area contributed by atoms with Crippen LogP contribution in [0.15, 0.2) is 60.0 Å². The van der Waals surface area contributed by atoms with Crippen LogP contribution < -0.4 is 0 Å². The molecule has 0 fully saturated rings. The summed E-state index contributed by atoms with van der Waals surface area (Å²) in [4.78, 5) is 19.6. The van der Waals surface area contributed by atoms with E-state index in [0.717, 1.165) is 11.1 Å². The van der Waals surface area contributed by atoms with Crippen LogP contribution in [0.2, 0.25) is 0 Å². The van der Waals surface area contributed by atoms with Crippen LogP contribution >= 0.6 is 0 Å². The lowest BCUT2D eigenvalue weighted by Gasteiger charge is -2.21. The zero-order valence-electron chi connectivity index (χ0n) is 20.4. The number of hydrogen-bond donors (Lipinski definition) is 0. The van der Waals surface area contributed by atoms with Crippen molar-refractivity contribution in [3.63, 3.8) is 0 Å². The summed E-state index contributed by atoms with van der Waals surface area (Å²) in [5.41, 5.74) is 2.91. The van der Waals surface area contributed by atoms with Gasteiger partial charge in [0.1, 0.15) is 5.82 Å². The first-order valence-electron chi connectivity index (χ1n) is 11.6. The zero-order valence-corrected chi connectivity index (χ0v) is 21.3. The van der Waals surface area contributed by atoms with E-state index in [1.54, 1.807) is 41.3 Å². The lowest BCUT2D eigenvalue weighted by atomic mass is 10.1. The molecule has 0 aliphatic heterocycles. The van der Waals surface area contributed by atoms with E-state index < -0.39 is 10.0 Å². The molecule has 0 unspecified atom stereocenters. The fraction of sp³-hybridized carbons (Fsp3) is 0.346. The fourth-order valence-electron chi connectivity index (χ4n) is 4.02. The van der Waals surface area contributed by atoms with Crippen molar-refractivity contribution in [3.05, 3.63) is 72.1 Å². The zero-order chi connectivity index (χ0) is 25.6. The maximum atomic E-state index is 13.0. The van der Waals surface area contributed by atoms with Crippen LogP contribution in [0.4, 0.5) is 0 Å². The number of imidazole rings is 1. The Morgan fingerprint density at radius 3 is 2.46 bits per heavy atom. The van der Waals surface area contributed by atoms with E-state index in [0.29, 0.717) is 49.5 Å². The van der Waals surface area contributed by atoms with Crippen LogP contribution in [-0.2, 0) is 34.8 Å². The highest BCUT2D eigenvalue weighted by molar-refractivity contribution is 7.89. The highest BCUT2D eigenvalue weighted by Gasteiger charge is 2.23. The molecule has 0 bridgehead atoms. The van der Waals surface area contributed by atoms with E-state index in [1.807, 2.05) is 37.6 Å². The number of amides is 1. The minimum Gasteiger partial charge on any atom is -0.335 e. The molecule has 0 saturated carbocycles. The van der Waals surface area contributed by atoms with Gasteiger partial charge < -0.3 is 9.47 Å². The number of nitriles is 1. The number of sulfonamides is 1. The van der Waals surface area contributed by atoms with Gasteiger partial charge in [-0.3, -0.25) is 4.79 Å². The molecule has 35 heavy (non-hydrogen) atoms. The molecule has 9 heteroatoms. The van der Waals surface area contributed by atoms with Crippen LogP contribution in [0.25, 0.3) is 11.0 Å². The third kappa shape index (κ3) is 5.78. The van der Waals surface area contributed by atoms with E-state index in [4.69, 9.17) is 5.26 Å². The summed E-state index contributed by atoms with van der Waals surface area (Å²) in [6, 6.07) is 14.2. The maximum absolute atomic E-state index is 13.0. The van der Waals surface area contributed by atoms with E-state index in [9.17, 15) is 13.2 Å². The minimum atomic E-state index is -3.58. The number of aromatic nitrogens is 2. The number of fused-ring (bicyclic) bond motifs is 1. The number of hydrogen-bond acceptors (Lipinski definition) is 5. The fourth-order valence-corrected chi connectivity index (χ4v) is 5.50. The average molecular weight is 494 g/mol. The van der Waals surface area contributed by atoms with Gasteiger partial charge >= 0.3 is 0 Å². The van der Waals surface area contributed by atoms with Crippen molar-refractivity contribution in [1.29, 1.82) is 5.26 Å². The summed E-state index contributed by atoms with van der Waals surface area (Å²) in [7, 11) is -1.71. The van der Waals surface area contributed by atoms with Gasteiger partial charge in [0.2, 0.25) is 15.9 Å². The molecular weight excluding hydrogens is 462 g/mol. The first-order chi connectivity index (χ1) is 16.7. The lowest BCUT2D eigenvalue weighted by molar-refractivity contribution is -0.131. The third-order valence-corrected chi connectivity index (χ3v) is 8.06. The Bertz CT molecular complexity index is 1350. The second-order valence-electron chi connectivity index (χ2n) is 8.20. The Hall–Kier alpha value is -3.48. The number of benzene rings is 2. The molecule has 1 amide bonds. The SMILES string of the molecule is C=CCN(Cc1ccc(C#N)cc1)C(=O)CCc1nc2cc(S(=O)(=O)N(CC)CC)ccc2n1C. The van der Waals surface area contributed by atoms with Crippen LogP contribution in [0.5, 0.6) is 0 Å². The van der Waals surface area contributed by atoms with Gasteiger partial charge in [0.25, 0.3) is 0 Å². The minimum absolute atomic E-state index is 0.0360. The molecule has 1 heterocycles.